The fraction of sp³-hybridized carbons (Fsp3) is 0.294. The predicted molar refractivity (Wildman–Crippen MR) is 100 cm³/mol. The Balaban J connectivity index is 1.75. The van der Waals surface area contributed by atoms with Gasteiger partial charge in [-0.25, -0.2) is 4.79 Å². The molecule has 2 heterocycles. The highest BCUT2D eigenvalue weighted by Crippen LogP contribution is 2.40. The fourth-order valence-electron chi connectivity index (χ4n) is 2.97. The SMILES string of the molecule is CON=CC1=C(C(=O)O)N2C(=O)[C@@H](NC(=O)C(N)c3cccc(O)c3)[C@H]2SC1. The van der Waals surface area contributed by atoms with E-state index in [4.69, 9.17) is 5.73 Å². The Hall–Kier alpha value is -3.05. The average molecular weight is 406 g/mol. The minimum atomic E-state index is -1.27. The number of carboxylic acids is 1. The van der Waals surface area contributed by atoms with Gasteiger partial charge in [-0.15, -0.1) is 11.8 Å². The lowest BCUT2D eigenvalue weighted by molar-refractivity contribution is -0.150. The molecule has 1 aromatic rings. The molecule has 1 fully saturated rings. The Bertz CT molecular complexity index is 886. The summed E-state index contributed by atoms with van der Waals surface area (Å²) in [6.45, 7) is 0. The van der Waals surface area contributed by atoms with Crippen molar-refractivity contribution in [1.29, 1.82) is 0 Å². The second-order valence-electron chi connectivity index (χ2n) is 6.06. The molecule has 2 aliphatic rings. The number of hydrogen-bond acceptors (Lipinski definition) is 8. The van der Waals surface area contributed by atoms with Crippen LogP contribution in [0.25, 0.3) is 0 Å². The van der Waals surface area contributed by atoms with Gasteiger partial charge in [-0.2, -0.15) is 0 Å². The lowest BCUT2D eigenvalue weighted by Gasteiger charge is -2.49. The summed E-state index contributed by atoms with van der Waals surface area (Å²) in [6.07, 6.45) is 1.25. The lowest BCUT2D eigenvalue weighted by atomic mass is 10.0. The van der Waals surface area contributed by atoms with Crippen LogP contribution >= 0.6 is 11.8 Å². The average Bonchev–Trinajstić information content (AvgIpc) is 2.68. The quantitative estimate of drug-likeness (QED) is 0.287. The van der Waals surface area contributed by atoms with Gasteiger partial charge in [0.1, 0.15) is 36.0 Å². The summed E-state index contributed by atoms with van der Waals surface area (Å²) >= 11 is 1.30. The van der Waals surface area contributed by atoms with Gasteiger partial charge in [-0.05, 0) is 17.7 Å². The van der Waals surface area contributed by atoms with Crippen molar-refractivity contribution >= 4 is 35.8 Å². The third kappa shape index (κ3) is 3.53. The van der Waals surface area contributed by atoms with Crippen LogP contribution in [-0.2, 0) is 19.2 Å². The van der Waals surface area contributed by atoms with Gasteiger partial charge in [0.05, 0.1) is 6.21 Å². The molecule has 28 heavy (non-hydrogen) atoms. The molecule has 148 valence electrons. The van der Waals surface area contributed by atoms with Crippen LogP contribution in [0.15, 0.2) is 40.7 Å². The normalized spacial score (nSPS) is 22.5. The number of rotatable bonds is 6. The van der Waals surface area contributed by atoms with Crippen LogP contribution in [0, 0.1) is 0 Å². The number of phenolic OH excluding ortho intramolecular Hbond substituents is 1. The molecular weight excluding hydrogens is 388 g/mol. The molecule has 5 N–H and O–H groups in total. The molecule has 11 heteroatoms. The van der Waals surface area contributed by atoms with Crippen LogP contribution in [-0.4, -0.2) is 63.4 Å². The third-order valence-corrected chi connectivity index (χ3v) is 5.63. The number of aliphatic carboxylic acids is 1. The molecule has 0 saturated carbocycles. The van der Waals surface area contributed by atoms with Gasteiger partial charge in [0.25, 0.3) is 5.91 Å². The van der Waals surface area contributed by atoms with Crippen molar-refractivity contribution in [1.82, 2.24) is 10.2 Å². The number of carboxylic acid groups (broad SMARTS) is 1. The number of benzene rings is 1. The molecule has 3 rings (SSSR count). The standard InChI is InChI=1S/C17H18N4O6S/c1-27-19-6-9-7-28-16-12(15(24)21(16)13(9)17(25)26)20-14(23)11(18)8-3-2-4-10(22)5-8/h2-6,11-12,16,22H,7,18H2,1H3,(H,20,23)(H,25,26)/t11?,12-,16-/m1/s1. The molecule has 2 aliphatic heterocycles. The maximum absolute atomic E-state index is 12.5. The first kappa shape index (κ1) is 19.7. The first-order chi connectivity index (χ1) is 13.3. The van der Waals surface area contributed by atoms with Crippen molar-refractivity contribution in [3.63, 3.8) is 0 Å². The van der Waals surface area contributed by atoms with E-state index in [1.807, 2.05) is 0 Å². The van der Waals surface area contributed by atoms with Crippen LogP contribution in [0.2, 0.25) is 0 Å². The highest BCUT2D eigenvalue weighted by molar-refractivity contribution is 8.00. The summed E-state index contributed by atoms with van der Waals surface area (Å²) in [6, 6.07) is 3.97. The largest absolute Gasteiger partial charge is 0.508 e. The Labute approximate surface area is 164 Å². The molecule has 0 bridgehead atoms. The first-order valence-electron chi connectivity index (χ1n) is 8.17. The topological polar surface area (TPSA) is 155 Å². The molecule has 0 aliphatic carbocycles. The predicted octanol–water partition coefficient (Wildman–Crippen LogP) is -0.237. The monoisotopic (exact) mass is 406 g/mol. The van der Waals surface area contributed by atoms with Crippen molar-refractivity contribution in [2.45, 2.75) is 17.5 Å². The van der Waals surface area contributed by atoms with Crippen LogP contribution in [0.3, 0.4) is 0 Å². The van der Waals surface area contributed by atoms with Crippen molar-refractivity contribution < 1.29 is 29.4 Å². The number of phenols is 1. The van der Waals surface area contributed by atoms with Gasteiger partial charge in [0, 0.05) is 11.3 Å². The zero-order valence-corrected chi connectivity index (χ0v) is 15.5. The summed E-state index contributed by atoms with van der Waals surface area (Å²) in [4.78, 5) is 42.3. The summed E-state index contributed by atoms with van der Waals surface area (Å²) in [5, 5.41) is 24.6. The van der Waals surface area contributed by atoms with E-state index in [0.717, 1.165) is 4.90 Å². The Morgan fingerprint density at radius 3 is 2.89 bits per heavy atom. The molecule has 1 saturated heterocycles. The first-order valence-corrected chi connectivity index (χ1v) is 9.22. The number of fused-ring (bicyclic) bond motifs is 1. The number of nitrogens with one attached hydrogen (secondary N) is 1. The molecule has 0 aromatic heterocycles. The summed E-state index contributed by atoms with van der Waals surface area (Å²) in [5.41, 5.74) is 6.46. The second-order valence-corrected chi connectivity index (χ2v) is 7.17. The van der Waals surface area contributed by atoms with E-state index in [0.29, 0.717) is 11.1 Å². The third-order valence-electron chi connectivity index (χ3n) is 4.32. The van der Waals surface area contributed by atoms with Gasteiger partial charge in [-0.3, -0.25) is 14.5 Å². The number of hydrogen-bond donors (Lipinski definition) is 4. The molecule has 0 radical (unpaired) electrons. The zero-order chi connectivity index (χ0) is 20.4. The van der Waals surface area contributed by atoms with Gasteiger partial charge in [-0.1, -0.05) is 17.3 Å². The van der Waals surface area contributed by atoms with Gasteiger partial charge in [0.15, 0.2) is 0 Å². The number of oxime groups is 1. The number of carbonyl (C=O) groups is 3. The van der Waals surface area contributed by atoms with E-state index in [1.54, 1.807) is 12.1 Å². The highest BCUT2D eigenvalue weighted by Gasteiger charge is 2.54. The molecule has 1 aromatic carbocycles. The maximum atomic E-state index is 12.5. The van der Waals surface area contributed by atoms with E-state index >= 15 is 0 Å². The Kier molecular flexibility index (Phi) is 5.56. The smallest absolute Gasteiger partial charge is 0.353 e. The van der Waals surface area contributed by atoms with Gasteiger partial charge >= 0.3 is 5.97 Å². The van der Waals surface area contributed by atoms with Gasteiger partial charge < -0.3 is 26.1 Å². The molecule has 10 nitrogen and oxygen atoms in total. The molecular formula is C17H18N4O6S. The molecule has 1 unspecified atom stereocenters. The van der Waals surface area contributed by atoms with E-state index in [9.17, 15) is 24.6 Å². The Morgan fingerprint density at radius 2 is 2.25 bits per heavy atom. The van der Waals surface area contributed by atoms with Crippen LogP contribution in [0.1, 0.15) is 11.6 Å². The van der Waals surface area contributed by atoms with Crippen molar-refractivity contribution in [3.8, 4) is 5.75 Å². The number of nitrogens with zero attached hydrogens (tertiary/aromatic N) is 2. The number of carbonyl (C=O) groups excluding carboxylic acids is 2. The number of aromatic hydroxyl groups is 1. The lowest BCUT2D eigenvalue weighted by Crippen LogP contribution is -2.71. The van der Waals surface area contributed by atoms with E-state index in [2.05, 4.69) is 15.3 Å². The molecule has 0 spiro atoms. The van der Waals surface area contributed by atoms with Gasteiger partial charge in [0.2, 0.25) is 5.91 Å². The van der Waals surface area contributed by atoms with E-state index < -0.39 is 35.2 Å². The van der Waals surface area contributed by atoms with Crippen molar-refractivity contribution in [2.75, 3.05) is 12.9 Å². The minimum Gasteiger partial charge on any atom is -0.508 e. The molecule has 2 amide bonds. The summed E-state index contributed by atoms with van der Waals surface area (Å²) in [7, 11) is 1.33. The van der Waals surface area contributed by atoms with Crippen LogP contribution < -0.4 is 11.1 Å². The summed E-state index contributed by atoms with van der Waals surface area (Å²) in [5.74, 6) is -2.16. The summed E-state index contributed by atoms with van der Waals surface area (Å²) < 4.78 is 0. The number of thioether (sulfide) groups is 1. The zero-order valence-electron chi connectivity index (χ0n) is 14.7. The van der Waals surface area contributed by atoms with E-state index in [-0.39, 0.29) is 17.2 Å². The van der Waals surface area contributed by atoms with Crippen LogP contribution in [0.4, 0.5) is 0 Å². The number of amides is 2. The maximum Gasteiger partial charge on any atom is 0.353 e. The number of nitrogens with two attached hydrogens (primary N) is 1. The minimum absolute atomic E-state index is 0.0315. The Morgan fingerprint density at radius 1 is 1.50 bits per heavy atom. The highest BCUT2D eigenvalue weighted by atomic mass is 32.2. The van der Waals surface area contributed by atoms with Crippen molar-refractivity contribution in [2.24, 2.45) is 10.9 Å². The second kappa shape index (κ2) is 7.90. The fourth-order valence-corrected chi connectivity index (χ4v) is 4.27. The number of β-lactam (4-membered cyclic amide) rings is 1. The van der Waals surface area contributed by atoms with Crippen molar-refractivity contribution in [3.05, 3.63) is 41.1 Å². The van der Waals surface area contributed by atoms with E-state index in [1.165, 1.54) is 37.2 Å². The van der Waals surface area contributed by atoms with Crippen LogP contribution in [0.5, 0.6) is 5.75 Å². The molecule has 3 atom stereocenters.